The number of rotatable bonds is 13. The highest BCUT2D eigenvalue weighted by atomic mass is 35.5. The molecule has 0 aliphatic heterocycles. The first kappa shape index (κ1) is 21.4. The Morgan fingerprint density at radius 3 is 1.91 bits per heavy atom. The Balaban J connectivity index is 0.00000441. The molecule has 0 aliphatic rings. The normalized spacial score (nSPS) is 11.9. The van der Waals surface area contributed by atoms with Crippen molar-refractivity contribution < 1.29 is 0 Å². The number of hydrogen-bond acceptors (Lipinski definition) is 1. The van der Waals surface area contributed by atoms with Gasteiger partial charge in [-0.3, -0.25) is 4.98 Å². The van der Waals surface area contributed by atoms with Crippen LogP contribution >= 0.6 is 12.4 Å². The van der Waals surface area contributed by atoms with Crippen LogP contribution in [0.15, 0.2) is 24.4 Å². The van der Waals surface area contributed by atoms with Gasteiger partial charge < -0.3 is 0 Å². The molecule has 2 heteroatoms. The summed E-state index contributed by atoms with van der Waals surface area (Å²) in [5, 5.41) is 0. The lowest BCUT2D eigenvalue weighted by Crippen LogP contribution is -1.99. The van der Waals surface area contributed by atoms with Crippen molar-refractivity contribution in [2.45, 2.75) is 96.8 Å². The molecule has 1 aromatic rings. The molecule has 0 radical (unpaired) electrons. The van der Waals surface area contributed by atoms with E-state index >= 15 is 0 Å². The maximum absolute atomic E-state index is 4.51. The van der Waals surface area contributed by atoms with Gasteiger partial charge in [-0.1, -0.05) is 84.1 Å². The van der Waals surface area contributed by atoms with Crippen molar-refractivity contribution >= 4 is 12.4 Å². The van der Waals surface area contributed by atoms with Crippen LogP contribution in [0.3, 0.4) is 0 Å². The van der Waals surface area contributed by atoms with Gasteiger partial charge in [-0.2, -0.15) is 0 Å². The summed E-state index contributed by atoms with van der Waals surface area (Å²) in [6, 6.07) is 6.31. The second kappa shape index (κ2) is 15.3. The van der Waals surface area contributed by atoms with E-state index in [1.807, 2.05) is 12.3 Å². The molecule has 0 saturated carbocycles. The van der Waals surface area contributed by atoms with E-state index in [1.165, 1.54) is 82.7 Å². The van der Waals surface area contributed by atoms with Gasteiger partial charge in [0.1, 0.15) is 0 Å². The highest BCUT2D eigenvalue weighted by Crippen LogP contribution is 2.24. The molecule has 0 N–H and O–H groups in total. The number of unbranched alkanes of at least 4 members (excludes halogenated alkanes) is 9. The molecule has 0 amide bonds. The van der Waals surface area contributed by atoms with E-state index in [4.69, 9.17) is 0 Å². The van der Waals surface area contributed by atoms with Crippen LogP contribution in [0.4, 0.5) is 0 Å². The maximum Gasteiger partial charge on any atom is 0.0434 e. The molecule has 1 atom stereocenters. The average Bonchev–Trinajstić information content (AvgIpc) is 2.54. The molecule has 0 bridgehead atoms. The Bertz CT molecular complexity index is 326. The van der Waals surface area contributed by atoms with Gasteiger partial charge in [0.05, 0.1) is 0 Å². The van der Waals surface area contributed by atoms with Crippen LogP contribution < -0.4 is 0 Å². The summed E-state index contributed by atoms with van der Waals surface area (Å²) >= 11 is 0. The van der Waals surface area contributed by atoms with Crippen molar-refractivity contribution in [2.24, 2.45) is 0 Å². The predicted octanol–water partition coefficient (Wildman–Crippen LogP) is 7.31. The van der Waals surface area contributed by atoms with Gasteiger partial charge >= 0.3 is 0 Å². The Morgan fingerprint density at radius 1 is 0.818 bits per heavy atom. The molecule has 0 spiro atoms. The van der Waals surface area contributed by atoms with Crippen LogP contribution in [0.2, 0.25) is 0 Å². The van der Waals surface area contributed by atoms with E-state index in [0.29, 0.717) is 5.92 Å². The molecular formula is C20H36ClN. The number of pyridine rings is 1. The van der Waals surface area contributed by atoms with Crippen LogP contribution in [0.1, 0.15) is 103 Å². The first-order valence-electron chi connectivity index (χ1n) is 9.29. The molecule has 0 aliphatic carbocycles. The summed E-state index contributed by atoms with van der Waals surface area (Å²) in [5.41, 5.74) is 1.29. The third kappa shape index (κ3) is 10.2. The largest absolute Gasteiger partial charge is 0.261 e. The van der Waals surface area contributed by atoms with Crippen LogP contribution in [0.25, 0.3) is 0 Å². The number of aromatic nitrogens is 1. The molecule has 1 heterocycles. The summed E-state index contributed by atoms with van der Waals surface area (Å²) in [4.78, 5) is 4.51. The monoisotopic (exact) mass is 325 g/mol. The predicted molar refractivity (Wildman–Crippen MR) is 101 cm³/mol. The second-order valence-electron chi connectivity index (χ2n) is 6.33. The van der Waals surface area contributed by atoms with Gasteiger partial charge in [-0.05, 0) is 25.0 Å². The molecule has 1 nitrogen and oxygen atoms in total. The lowest BCUT2D eigenvalue weighted by molar-refractivity contribution is 0.512. The molecule has 22 heavy (non-hydrogen) atoms. The number of nitrogens with zero attached hydrogens (tertiary/aromatic N) is 1. The van der Waals surface area contributed by atoms with Crippen LogP contribution in [0.5, 0.6) is 0 Å². The Hall–Kier alpha value is -0.560. The lowest BCUT2D eigenvalue weighted by atomic mass is 9.94. The standard InChI is InChI=1S/C20H35N.ClH/c1-3-5-6-7-8-9-10-11-12-13-16-19(4-2)20-17-14-15-18-21-20;/h14-15,17-19H,3-13,16H2,1-2H3;1H. The van der Waals surface area contributed by atoms with Gasteiger partial charge in [0.15, 0.2) is 0 Å². The van der Waals surface area contributed by atoms with Crippen molar-refractivity contribution in [3.63, 3.8) is 0 Å². The van der Waals surface area contributed by atoms with E-state index < -0.39 is 0 Å². The van der Waals surface area contributed by atoms with E-state index in [2.05, 4.69) is 31.0 Å². The first-order valence-corrected chi connectivity index (χ1v) is 9.29. The van der Waals surface area contributed by atoms with Crippen molar-refractivity contribution in [1.29, 1.82) is 0 Å². The molecule has 1 aromatic heterocycles. The quantitative estimate of drug-likeness (QED) is 0.346. The van der Waals surface area contributed by atoms with Crippen molar-refractivity contribution in [3.8, 4) is 0 Å². The maximum atomic E-state index is 4.51. The number of halogens is 1. The zero-order valence-corrected chi connectivity index (χ0v) is 15.5. The van der Waals surface area contributed by atoms with Crippen molar-refractivity contribution in [3.05, 3.63) is 30.1 Å². The highest BCUT2D eigenvalue weighted by molar-refractivity contribution is 5.85. The Kier molecular flexibility index (Phi) is 14.9. The zero-order chi connectivity index (χ0) is 15.2. The number of hydrogen-bond donors (Lipinski definition) is 0. The smallest absolute Gasteiger partial charge is 0.0434 e. The molecule has 0 saturated heterocycles. The Labute approximate surface area is 144 Å². The molecule has 128 valence electrons. The van der Waals surface area contributed by atoms with Gasteiger partial charge in [-0.25, -0.2) is 0 Å². The van der Waals surface area contributed by atoms with E-state index in [1.54, 1.807) is 0 Å². The second-order valence-corrected chi connectivity index (χ2v) is 6.33. The molecule has 0 fully saturated rings. The van der Waals surface area contributed by atoms with Crippen molar-refractivity contribution in [2.75, 3.05) is 0 Å². The summed E-state index contributed by atoms with van der Waals surface area (Å²) in [6.45, 7) is 4.57. The third-order valence-electron chi connectivity index (χ3n) is 4.50. The molecular weight excluding hydrogens is 290 g/mol. The zero-order valence-electron chi connectivity index (χ0n) is 14.7. The van der Waals surface area contributed by atoms with Gasteiger partial charge in [-0.15, -0.1) is 12.4 Å². The summed E-state index contributed by atoms with van der Waals surface area (Å²) in [5.74, 6) is 0.667. The summed E-state index contributed by atoms with van der Waals surface area (Å²) < 4.78 is 0. The Morgan fingerprint density at radius 2 is 1.41 bits per heavy atom. The fourth-order valence-corrected chi connectivity index (χ4v) is 3.06. The van der Waals surface area contributed by atoms with E-state index in [-0.39, 0.29) is 12.4 Å². The van der Waals surface area contributed by atoms with Crippen LogP contribution in [0, 0.1) is 0 Å². The SMILES string of the molecule is CCCCCCCCCCCCC(CC)c1ccccn1.Cl. The summed E-state index contributed by atoms with van der Waals surface area (Å²) in [7, 11) is 0. The highest BCUT2D eigenvalue weighted by Gasteiger charge is 2.09. The van der Waals surface area contributed by atoms with Gasteiger partial charge in [0, 0.05) is 17.8 Å². The van der Waals surface area contributed by atoms with E-state index in [9.17, 15) is 0 Å². The first-order chi connectivity index (χ1) is 10.4. The molecule has 0 aromatic carbocycles. The van der Waals surface area contributed by atoms with Crippen LogP contribution in [-0.2, 0) is 0 Å². The van der Waals surface area contributed by atoms with Gasteiger partial charge in [0.2, 0.25) is 0 Å². The minimum Gasteiger partial charge on any atom is -0.261 e. The minimum atomic E-state index is 0. The fraction of sp³-hybridized carbons (Fsp3) is 0.750. The fourth-order valence-electron chi connectivity index (χ4n) is 3.06. The minimum absolute atomic E-state index is 0. The van der Waals surface area contributed by atoms with Crippen molar-refractivity contribution in [1.82, 2.24) is 4.98 Å². The van der Waals surface area contributed by atoms with E-state index in [0.717, 1.165) is 0 Å². The molecule has 1 rings (SSSR count). The topological polar surface area (TPSA) is 12.9 Å². The third-order valence-corrected chi connectivity index (χ3v) is 4.50. The molecule has 1 unspecified atom stereocenters. The van der Waals surface area contributed by atoms with Crippen LogP contribution in [-0.4, -0.2) is 4.98 Å². The van der Waals surface area contributed by atoms with Gasteiger partial charge in [0.25, 0.3) is 0 Å². The summed E-state index contributed by atoms with van der Waals surface area (Å²) in [6.07, 6.45) is 18.6. The lowest BCUT2D eigenvalue weighted by Gasteiger charge is -2.13. The average molecular weight is 326 g/mol.